The molecule has 1 nitrogen and oxygen atoms in total. The molecule has 0 saturated carbocycles. The number of piperidine rings is 1. The third-order valence-electron chi connectivity index (χ3n) is 2.22. The molecule has 0 aromatic rings. The molecule has 0 bridgehead atoms. The second-order valence-electron chi connectivity index (χ2n) is 3.37. The molecule has 1 unspecified atom stereocenters. The molecule has 1 heterocycles. The van der Waals surface area contributed by atoms with Crippen molar-refractivity contribution in [3.8, 4) is 0 Å². The zero-order valence-corrected chi connectivity index (χ0v) is 7.28. The normalized spacial score (nSPS) is 23.1. The molecule has 1 rings (SSSR count). The van der Waals surface area contributed by atoms with Crippen LogP contribution < -0.4 is 0 Å². The molecule has 1 atom stereocenters. The molecule has 5 heteroatoms. The molecule has 13 heavy (non-hydrogen) atoms. The van der Waals surface area contributed by atoms with E-state index in [0.717, 1.165) is 19.3 Å². The van der Waals surface area contributed by atoms with Gasteiger partial charge < -0.3 is 4.90 Å². The topological polar surface area (TPSA) is 3.24 Å². The fourth-order valence-corrected chi connectivity index (χ4v) is 1.47. The second kappa shape index (κ2) is 4.26. The summed E-state index contributed by atoms with van der Waals surface area (Å²) in [4.78, 5) is 1.54. The maximum Gasteiger partial charge on any atom is 0.420 e. The summed E-state index contributed by atoms with van der Waals surface area (Å²) in [6.07, 6.45) is -4.59. The van der Waals surface area contributed by atoms with Gasteiger partial charge in [-0.2, -0.15) is 13.2 Å². The molecule has 0 amide bonds. The van der Waals surface area contributed by atoms with Gasteiger partial charge >= 0.3 is 6.18 Å². The Morgan fingerprint density at radius 3 is 2.08 bits per heavy atom. The molecule has 1 aliphatic rings. The van der Waals surface area contributed by atoms with Crippen molar-refractivity contribution in [2.24, 2.45) is 0 Å². The Morgan fingerprint density at radius 1 is 1.08 bits per heavy atom. The van der Waals surface area contributed by atoms with E-state index < -0.39 is 18.9 Å². The van der Waals surface area contributed by atoms with E-state index in [0.29, 0.717) is 13.1 Å². The molecular formula is C8H13F4N. The standard InChI is InChI=1S/C8H13F4N/c9-7(8(10,11)12)6-13-4-2-1-3-5-13/h7H,1-6H2. The smallest absolute Gasteiger partial charge is 0.300 e. The van der Waals surface area contributed by atoms with Gasteiger partial charge in [0.05, 0.1) is 0 Å². The third-order valence-corrected chi connectivity index (χ3v) is 2.22. The fourth-order valence-electron chi connectivity index (χ4n) is 1.47. The highest BCUT2D eigenvalue weighted by atomic mass is 19.4. The average molecular weight is 199 g/mol. The van der Waals surface area contributed by atoms with Crippen molar-refractivity contribution in [1.29, 1.82) is 0 Å². The number of hydrogen-bond donors (Lipinski definition) is 0. The van der Waals surface area contributed by atoms with Crippen LogP contribution in [0.25, 0.3) is 0 Å². The van der Waals surface area contributed by atoms with E-state index in [9.17, 15) is 17.6 Å². The van der Waals surface area contributed by atoms with Gasteiger partial charge in [-0.05, 0) is 25.9 Å². The molecule has 1 fully saturated rings. The van der Waals surface area contributed by atoms with Crippen molar-refractivity contribution < 1.29 is 17.6 Å². The molecule has 0 N–H and O–H groups in total. The highest BCUT2D eigenvalue weighted by Crippen LogP contribution is 2.24. The lowest BCUT2D eigenvalue weighted by Gasteiger charge is -2.28. The predicted octanol–water partition coefficient (Wildman–Crippen LogP) is 2.37. The first-order valence-corrected chi connectivity index (χ1v) is 4.43. The monoisotopic (exact) mass is 199 g/mol. The van der Waals surface area contributed by atoms with Crippen molar-refractivity contribution in [2.75, 3.05) is 19.6 Å². The van der Waals surface area contributed by atoms with Crippen LogP contribution in [0.15, 0.2) is 0 Å². The van der Waals surface area contributed by atoms with E-state index in [-0.39, 0.29) is 0 Å². The van der Waals surface area contributed by atoms with Crippen molar-refractivity contribution >= 4 is 0 Å². The summed E-state index contributed by atoms with van der Waals surface area (Å²) in [5, 5.41) is 0. The lowest BCUT2D eigenvalue weighted by Crippen LogP contribution is -2.40. The minimum Gasteiger partial charge on any atom is -0.300 e. The van der Waals surface area contributed by atoms with E-state index in [1.165, 1.54) is 0 Å². The van der Waals surface area contributed by atoms with Crippen LogP contribution in [0.4, 0.5) is 17.6 Å². The molecule has 0 radical (unpaired) electrons. The fraction of sp³-hybridized carbons (Fsp3) is 1.00. The van der Waals surface area contributed by atoms with Gasteiger partial charge in [0.15, 0.2) is 0 Å². The molecule has 0 aromatic heterocycles. The van der Waals surface area contributed by atoms with Crippen LogP contribution >= 0.6 is 0 Å². The maximum atomic E-state index is 12.5. The van der Waals surface area contributed by atoms with Crippen molar-refractivity contribution in [3.05, 3.63) is 0 Å². The van der Waals surface area contributed by atoms with E-state index in [1.807, 2.05) is 0 Å². The van der Waals surface area contributed by atoms with Gasteiger partial charge in [-0.1, -0.05) is 6.42 Å². The SMILES string of the molecule is FC(CN1CCCCC1)C(F)(F)F. The van der Waals surface area contributed by atoms with Crippen LogP contribution in [-0.2, 0) is 0 Å². The largest absolute Gasteiger partial charge is 0.420 e. The van der Waals surface area contributed by atoms with Crippen LogP contribution in [0, 0.1) is 0 Å². The van der Waals surface area contributed by atoms with Gasteiger partial charge in [0.2, 0.25) is 6.17 Å². The summed E-state index contributed by atoms with van der Waals surface area (Å²) in [6.45, 7) is 0.691. The summed E-state index contributed by atoms with van der Waals surface area (Å²) in [6, 6.07) is 0. The number of hydrogen-bond acceptors (Lipinski definition) is 1. The summed E-state index contributed by atoms with van der Waals surface area (Å²) in [7, 11) is 0. The zero-order chi connectivity index (χ0) is 9.90. The number of likely N-dealkylation sites (tertiary alicyclic amines) is 1. The maximum absolute atomic E-state index is 12.5. The third kappa shape index (κ3) is 3.50. The van der Waals surface area contributed by atoms with Crippen LogP contribution in [0.5, 0.6) is 0 Å². The highest BCUT2D eigenvalue weighted by molar-refractivity contribution is 4.73. The van der Waals surface area contributed by atoms with Crippen molar-refractivity contribution in [3.63, 3.8) is 0 Å². The highest BCUT2D eigenvalue weighted by Gasteiger charge is 2.40. The van der Waals surface area contributed by atoms with Gasteiger partial charge in [-0.3, -0.25) is 0 Å². The molecular weight excluding hydrogens is 186 g/mol. The van der Waals surface area contributed by atoms with Crippen LogP contribution in [0.1, 0.15) is 19.3 Å². The van der Waals surface area contributed by atoms with Crippen LogP contribution in [-0.4, -0.2) is 36.9 Å². The quantitative estimate of drug-likeness (QED) is 0.617. The van der Waals surface area contributed by atoms with Gasteiger partial charge in [0, 0.05) is 6.54 Å². The summed E-state index contributed by atoms with van der Waals surface area (Å²) in [5.41, 5.74) is 0. The van der Waals surface area contributed by atoms with E-state index in [1.54, 1.807) is 4.90 Å². The van der Waals surface area contributed by atoms with Crippen molar-refractivity contribution in [1.82, 2.24) is 4.90 Å². The Bertz CT molecular complexity index is 151. The Labute approximate surface area is 74.7 Å². The first kappa shape index (κ1) is 10.8. The lowest BCUT2D eigenvalue weighted by atomic mass is 10.1. The zero-order valence-electron chi connectivity index (χ0n) is 7.28. The molecule has 0 aromatic carbocycles. The summed E-state index contributed by atoms with van der Waals surface area (Å²) in [5.74, 6) is 0. The van der Waals surface area contributed by atoms with Crippen LogP contribution in [0.2, 0.25) is 0 Å². The number of alkyl halides is 4. The second-order valence-corrected chi connectivity index (χ2v) is 3.37. The summed E-state index contributed by atoms with van der Waals surface area (Å²) < 4.78 is 47.9. The average Bonchev–Trinajstić information content (AvgIpc) is 2.04. The first-order valence-electron chi connectivity index (χ1n) is 4.43. The minimum atomic E-state index is -4.70. The van der Waals surface area contributed by atoms with Gasteiger partial charge in [-0.25, -0.2) is 4.39 Å². The van der Waals surface area contributed by atoms with Crippen molar-refractivity contribution in [2.45, 2.75) is 31.6 Å². The minimum absolute atomic E-state index is 0.497. The van der Waals surface area contributed by atoms with E-state index in [2.05, 4.69) is 0 Å². The van der Waals surface area contributed by atoms with E-state index >= 15 is 0 Å². The molecule has 1 saturated heterocycles. The predicted molar refractivity (Wildman–Crippen MR) is 41.2 cm³/mol. The number of halogens is 4. The molecule has 1 aliphatic heterocycles. The van der Waals surface area contributed by atoms with Crippen LogP contribution in [0.3, 0.4) is 0 Å². The number of nitrogens with zero attached hydrogens (tertiary/aromatic N) is 1. The Balaban J connectivity index is 2.30. The van der Waals surface area contributed by atoms with Gasteiger partial charge in [0.25, 0.3) is 0 Å². The Kier molecular flexibility index (Phi) is 3.53. The first-order chi connectivity index (χ1) is 6.00. The molecule has 0 aliphatic carbocycles. The van der Waals surface area contributed by atoms with E-state index in [4.69, 9.17) is 0 Å². The molecule has 78 valence electrons. The van der Waals surface area contributed by atoms with Gasteiger partial charge in [0.1, 0.15) is 0 Å². The Hall–Kier alpha value is -0.320. The Morgan fingerprint density at radius 2 is 1.62 bits per heavy atom. The lowest BCUT2D eigenvalue weighted by molar-refractivity contribution is -0.185. The number of rotatable bonds is 2. The summed E-state index contributed by atoms with van der Waals surface area (Å²) >= 11 is 0. The van der Waals surface area contributed by atoms with Gasteiger partial charge in [-0.15, -0.1) is 0 Å². The molecule has 0 spiro atoms.